The number of para-hydroxylation sites is 1. The maximum Gasteiger partial charge on any atom is 0.338 e. The number of carbonyl (C=O) groups excluding carboxylic acids is 2. The van der Waals surface area contributed by atoms with Crippen LogP contribution in [0.4, 0.5) is 11.4 Å². The fraction of sp³-hybridized carbons (Fsp3) is 0.176. The van der Waals surface area contributed by atoms with Crippen molar-refractivity contribution in [3.63, 3.8) is 0 Å². The second kappa shape index (κ2) is 6.94. The summed E-state index contributed by atoms with van der Waals surface area (Å²) in [7, 11) is 0. The molecule has 1 heterocycles. The zero-order valence-electron chi connectivity index (χ0n) is 13.2. The van der Waals surface area contributed by atoms with Gasteiger partial charge in [0.2, 0.25) is 5.91 Å². The van der Waals surface area contributed by atoms with Crippen molar-refractivity contribution < 1.29 is 19.2 Å². The Morgan fingerprint density at radius 3 is 2.84 bits per heavy atom. The number of benzene rings is 2. The summed E-state index contributed by atoms with van der Waals surface area (Å²) < 4.78 is 5.18. The van der Waals surface area contributed by atoms with Crippen molar-refractivity contribution in [2.45, 2.75) is 23.7 Å². The molecule has 1 aliphatic rings. The third-order valence-corrected chi connectivity index (χ3v) is 4.87. The zero-order valence-corrected chi connectivity index (χ0v) is 14.0. The van der Waals surface area contributed by atoms with E-state index in [2.05, 4.69) is 5.32 Å². The van der Waals surface area contributed by atoms with Crippen LogP contribution >= 0.6 is 11.8 Å². The normalized spacial score (nSPS) is 15.9. The van der Waals surface area contributed by atoms with Gasteiger partial charge in [0.25, 0.3) is 5.69 Å². The smallest absolute Gasteiger partial charge is 0.338 e. The zero-order chi connectivity index (χ0) is 18.0. The first-order valence-electron chi connectivity index (χ1n) is 7.46. The van der Waals surface area contributed by atoms with Crippen LogP contribution in [0.2, 0.25) is 0 Å². The lowest BCUT2D eigenvalue weighted by molar-refractivity contribution is -0.385. The van der Waals surface area contributed by atoms with Crippen LogP contribution < -0.4 is 5.32 Å². The predicted octanol–water partition coefficient (Wildman–Crippen LogP) is 3.38. The first-order valence-corrected chi connectivity index (χ1v) is 8.34. The molecule has 0 fully saturated rings. The molecule has 25 heavy (non-hydrogen) atoms. The minimum absolute atomic E-state index is 0.0987. The first kappa shape index (κ1) is 17.0. The number of nitrogens with one attached hydrogen (secondary N) is 1. The average molecular weight is 358 g/mol. The molecule has 0 unspecified atom stereocenters. The lowest BCUT2D eigenvalue weighted by Crippen LogP contribution is -2.26. The Hall–Kier alpha value is -2.87. The van der Waals surface area contributed by atoms with Gasteiger partial charge in [0.05, 0.1) is 27.0 Å². The molecule has 7 nitrogen and oxygen atoms in total. The third-order valence-electron chi connectivity index (χ3n) is 3.69. The van der Waals surface area contributed by atoms with Gasteiger partial charge in [-0.15, -0.1) is 11.8 Å². The van der Waals surface area contributed by atoms with E-state index >= 15 is 0 Å². The Labute approximate surface area is 147 Å². The van der Waals surface area contributed by atoms with Gasteiger partial charge in [0.15, 0.2) is 0 Å². The van der Waals surface area contributed by atoms with Gasteiger partial charge in [-0.25, -0.2) is 4.79 Å². The molecular weight excluding hydrogens is 344 g/mol. The molecule has 0 bridgehead atoms. The molecule has 2 aromatic rings. The van der Waals surface area contributed by atoms with Crippen molar-refractivity contribution >= 4 is 35.0 Å². The van der Waals surface area contributed by atoms with Crippen molar-refractivity contribution in [1.82, 2.24) is 0 Å². The molecule has 1 atom stereocenters. The van der Waals surface area contributed by atoms with Gasteiger partial charge in [-0.3, -0.25) is 14.9 Å². The number of nitro groups is 1. The molecule has 3 rings (SSSR count). The molecule has 0 aliphatic carbocycles. The number of hydrogen-bond donors (Lipinski definition) is 1. The number of rotatable bonds is 4. The van der Waals surface area contributed by atoms with Crippen LogP contribution in [0.25, 0.3) is 0 Å². The van der Waals surface area contributed by atoms with Gasteiger partial charge < -0.3 is 10.1 Å². The van der Waals surface area contributed by atoms with Gasteiger partial charge >= 0.3 is 5.97 Å². The van der Waals surface area contributed by atoms with Crippen molar-refractivity contribution in [2.24, 2.45) is 0 Å². The number of carbonyl (C=O) groups is 2. The number of fused-ring (bicyclic) bond motifs is 1. The standard InChI is InChI=1S/C17H14N2O5S/c1-10-16(20)18-13-8-11(6-7-15(13)25-10)17(21)24-9-12-4-2-3-5-14(12)19(22)23/h2-8,10H,9H2,1H3,(H,18,20)/t10-/m1/s1. The van der Waals surface area contributed by atoms with Crippen molar-refractivity contribution in [2.75, 3.05) is 5.32 Å². The highest BCUT2D eigenvalue weighted by atomic mass is 32.2. The fourth-order valence-corrected chi connectivity index (χ4v) is 3.30. The average Bonchev–Trinajstić information content (AvgIpc) is 2.60. The molecule has 1 N–H and O–H groups in total. The van der Waals surface area contributed by atoms with Crippen molar-refractivity contribution in [1.29, 1.82) is 0 Å². The lowest BCUT2D eigenvalue weighted by Gasteiger charge is -2.21. The highest BCUT2D eigenvalue weighted by molar-refractivity contribution is 8.00. The summed E-state index contributed by atoms with van der Waals surface area (Å²) in [6.45, 7) is 1.60. The van der Waals surface area contributed by atoms with Crippen LogP contribution in [0, 0.1) is 10.1 Å². The maximum absolute atomic E-state index is 12.2. The van der Waals surface area contributed by atoms with E-state index in [-0.39, 0.29) is 29.0 Å². The van der Waals surface area contributed by atoms with E-state index in [0.717, 1.165) is 4.90 Å². The number of thioether (sulfide) groups is 1. The highest BCUT2D eigenvalue weighted by Crippen LogP contribution is 2.36. The Bertz CT molecular complexity index is 868. The molecule has 1 aliphatic heterocycles. The predicted molar refractivity (Wildman–Crippen MR) is 92.6 cm³/mol. The largest absolute Gasteiger partial charge is 0.457 e. The summed E-state index contributed by atoms with van der Waals surface area (Å²) in [4.78, 5) is 35.3. The number of ether oxygens (including phenoxy) is 1. The monoisotopic (exact) mass is 358 g/mol. The van der Waals surface area contributed by atoms with E-state index in [9.17, 15) is 19.7 Å². The molecule has 0 saturated heterocycles. The van der Waals surface area contributed by atoms with Gasteiger partial charge in [-0.1, -0.05) is 12.1 Å². The summed E-state index contributed by atoms with van der Waals surface area (Å²) in [5.41, 5.74) is 1.05. The minimum atomic E-state index is -0.612. The van der Waals surface area contributed by atoms with Gasteiger partial charge in [-0.05, 0) is 31.2 Å². The molecule has 8 heteroatoms. The second-order valence-corrected chi connectivity index (χ2v) is 6.80. The molecule has 0 radical (unpaired) electrons. The third kappa shape index (κ3) is 3.63. The van der Waals surface area contributed by atoms with E-state index in [1.807, 2.05) is 0 Å². The molecule has 0 saturated carbocycles. The SMILES string of the molecule is C[C@H]1Sc2ccc(C(=O)OCc3ccccc3[N+](=O)[O-])cc2NC1=O. The van der Waals surface area contributed by atoms with Crippen LogP contribution in [0.1, 0.15) is 22.8 Å². The molecule has 0 aromatic heterocycles. The quantitative estimate of drug-likeness (QED) is 0.511. The molecule has 1 amide bonds. The summed E-state index contributed by atoms with van der Waals surface area (Å²) in [6.07, 6.45) is 0. The number of nitro benzene ring substituents is 1. The second-order valence-electron chi connectivity index (χ2n) is 5.42. The lowest BCUT2D eigenvalue weighted by atomic mass is 10.2. The number of nitrogens with zero attached hydrogens (tertiary/aromatic N) is 1. The number of esters is 1. The number of hydrogen-bond acceptors (Lipinski definition) is 6. The Morgan fingerprint density at radius 2 is 2.08 bits per heavy atom. The van der Waals surface area contributed by atoms with E-state index in [1.165, 1.54) is 23.9 Å². The van der Waals surface area contributed by atoms with Gasteiger partial charge in [-0.2, -0.15) is 0 Å². The Balaban J connectivity index is 1.74. The molecule has 0 spiro atoms. The topological polar surface area (TPSA) is 98.5 Å². The Kier molecular flexibility index (Phi) is 4.71. The maximum atomic E-state index is 12.2. The first-order chi connectivity index (χ1) is 12.0. The van der Waals surface area contributed by atoms with Crippen LogP contribution in [0.3, 0.4) is 0 Å². The fourth-order valence-electron chi connectivity index (χ4n) is 2.37. The Morgan fingerprint density at radius 1 is 1.32 bits per heavy atom. The van der Waals surface area contributed by atoms with Crippen molar-refractivity contribution in [3.8, 4) is 0 Å². The van der Waals surface area contributed by atoms with Gasteiger partial charge in [0, 0.05) is 11.0 Å². The highest BCUT2D eigenvalue weighted by Gasteiger charge is 2.24. The molecule has 128 valence electrons. The van der Waals surface area contributed by atoms with E-state index < -0.39 is 10.9 Å². The van der Waals surface area contributed by atoms with Gasteiger partial charge in [0.1, 0.15) is 6.61 Å². The molecular formula is C17H14N2O5S. The summed E-state index contributed by atoms with van der Waals surface area (Å²) in [6, 6.07) is 11.0. The summed E-state index contributed by atoms with van der Waals surface area (Å²) >= 11 is 1.42. The van der Waals surface area contributed by atoms with E-state index in [1.54, 1.807) is 37.3 Å². The molecule has 2 aromatic carbocycles. The summed E-state index contributed by atoms with van der Waals surface area (Å²) in [5.74, 6) is -0.734. The minimum Gasteiger partial charge on any atom is -0.457 e. The van der Waals surface area contributed by atoms with Crippen molar-refractivity contribution in [3.05, 3.63) is 63.7 Å². The van der Waals surface area contributed by atoms with Crippen LogP contribution in [0.15, 0.2) is 47.4 Å². The van der Waals surface area contributed by atoms with Crippen LogP contribution in [-0.2, 0) is 16.1 Å². The van der Waals surface area contributed by atoms with E-state index in [4.69, 9.17) is 4.74 Å². The summed E-state index contributed by atoms with van der Waals surface area (Å²) in [5, 5.41) is 13.5. The van der Waals surface area contributed by atoms with E-state index in [0.29, 0.717) is 11.3 Å². The number of amides is 1. The number of anilines is 1. The van der Waals surface area contributed by atoms with Crippen LogP contribution in [0.5, 0.6) is 0 Å². The van der Waals surface area contributed by atoms with Crippen LogP contribution in [-0.4, -0.2) is 22.0 Å².